The van der Waals surface area contributed by atoms with Crippen molar-refractivity contribution in [2.45, 2.75) is 26.8 Å². The maximum Gasteiger partial charge on any atom is 0.0587 e. The lowest BCUT2D eigenvalue weighted by Crippen LogP contribution is -2.24. The predicted molar refractivity (Wildman–Crippen MR) is 90.4 cm³/mol. The predicted octanol–water partition coefficient (Wildman–Crippen LogP) is 3.67. The van der Waals surface area contributed by atoms with Gasteiger partial charge >= 0.3 is 0 Å². The van der Waals surface area contributed by atoms with E-state index in [0.717, 1.165) is 36.6 Å². The van der Waals surface area contributed by atoms with Crippen molar-refractivity contribution >= 4 is 21.6 Å². The highest BCUT2D eigenvalue weighted by Gasteiger charge is 2.09. The van der Waals surface area contributed by atoms with Crippen molar-refractivity contribution < 1.29 is 4.74 Å². The number of hydrogen-bond donors (Lipinski definition) is 1. The van der Waals surface area contributed by atoms with Crippen LogP contribution < -0.4 is 10.2 Å². The van der Waals surface area contributed by atoms with E-state index in [1.54, 1.807) is 7.11 Å². The van der Waals surface area contributed by atoms with E-state index in [9.17, 15) is 0 Å². The van der Waals surface area contributed by atoms with E-state index in [4.69, 9.17) is 4.74 Å². The molecular weight excluding hydrogens is 316 g/mol. The zero-order valence-corrected chi connectivity index (χ0v) is 14.7. The molecule has 20 heavy (non-hydrogen) atoms. The van der Waals surface area contributed by atoms with E-state index in [1.165, 1.54) is 17.7 Å². The van der Waals surface area contributed by atoms with Gasteiger partial charge in [0.05, 0.1) is 6.61 Å². The molecule has 0 unspecified atom stereocenters. The van der Waals surface area contributed by atoms with Crippen LogP contribution in [-0.4, -0.2) is 33.9 Å². The second kappa shape index (κ2) is 9.37. The van der Waals surface area contributed by atoms with Gasteiger partial charge in [0.1, 0.15) is 0 Å². The minimum absolute atomic E-state index is 0.730. The zero-order valence-electron chi connectivity index (χ0n) is 13.1. The van der Waals surface area contributed by atoms with E-state index >= 15 is 0 Å². The topological polar surface area (TPSA) is 24.5 Å². The number of nitrogens with zero attached hydrogens (tertiary/aromatic N) is 1. The van der Waals surface area contributed by atoms with E-state index in [2.05, 4.69) is 65.2 Å². The summed E-state index contributed by atoms with van der Waals surface area (Å²) in [5, 5.41) is 3.42. The lowest BCUT2D eigenvalue weighted by atomic mass is 10.1. The summed E-state index contributed by atoms with van der Waals surface area (Å²) >= 11 is 3.57. The highest BCUT2D eigenvalue weighted by atomic mass is 79.9. The largest absolute Gasteiger partial charge is 0.383 e. The fraction of sp³-hybridized carbons (Fsp3) is 0.625. The molecule has 0 aliphatic rings. The Bertz CT molecular complexity index is 396. The first kappa shape index (κ1) is 17.5. The van der Waals surface area contributed by atoms with Crippen LogP contribution in [0.15, 0.2) is 22.7 Å². The Kier molecular flexibility index (Phi) is 8.19. The fourth-order valence-electron chi connectivity index (χ4n) is 2.01. The second-order valence-electron chi connectivity index (χ2n) is 5.55. The number of halogens is 1. The number of benzene rings is 1. The van der Waals surface area contributed by atoms with Gasteiger partial charge in [-0.1, -0.05) is 35.8 Å². The minimum atomic E-state index is 0.730. The summed E-state index contributed by atoms with van der Waals surface area (Å²) in [7, 11) is 3.90. The highest BCUT2D eigenvalue weighted by Crippen LogP contribution is 2.25. The summed E-state index contributed by atoms with van der Waals surface area (Å²) in [6.45, 7) is 8.11. The van der Waals surface area contributed by atoms with E-state index < -0.39 is 0 Å². The molecule has 0 amide bonds. The van der Waals surface area contributed by atoms with E-state index in [0.29, 0.717) is 0 Å². The number of hydrogen-bond acceptors (Lipinski definition) is 3. The lowest BCUT2D eigenvalue weighted by Gasteiger charge is -2.24. The summed E-state index contributed by atoms with van der Waals surface area (Å²) in [6, 6.07) is 6.49. The van der Waals surface area contributed by atoms with Crippen molar-refractivity contribution in [3.63, 3.8) is 0 Å². The van der Waals surface area contributed by atoms with Crippen LogP contribution in [0.4, 0.5) is 5.69 Å². The van der Waals surface area contributed by atoms with Gasteiger partial charge in [-0.3, -0.25) is 0 Å². The first-order valence-electron chi connectivity index (χ1n) is 7.23. The summed E-state index contributed by atoms with van der Waals surface area (Å²) in [4.78, 5) is 2.35. The van der Waals surface area contributed by atoms with Gasteiger partial charge in [-0.15, -0.1) is 0 Å². The number of rotatable bonds is 9. The first-order chi connectivity index (χ1) is 9.54. The van der Waals surface area contributed by atoms with Crippen molar-refractivity contribution in [1.82, 2.24) is 5.32 Å². The number of anilines is 1. The Balaban J connectivity index is 2.68. The third-order valence-electron chi connectivity index (χ3n) is 3.30. The molecule has 1 rings (SSSR count). The van der Waals surface area contributed by atoms with Gasteiger partial charge in [0.25, 0.3) is 0 Å². The van der Waals surface area contributed by atoms with Crippen LogP contribution >= 0.6 is 15.9 Å². The normalized spacial score (nSPS) is 11.1. The van der Waals surface area contributed by atoms with Gasteiger partial charge in [0.15, 0.2) is 0 Å². The van der Waals surface area contributed by atoms with E-state index in [-0.39, 0.29) is 0 Å². The van der Waals surface area contributed by atoms with Crippen molar-refractivity contribution in [2.24, 2.45) is 5.92 Å². The van der Waals surface area contributed by atoms with Crippen LogP contribution in [0.25, 0.3) is 0 Å². The fourth-order valence-corrected chi connectivity index (χ4v) is 2.36. The molecule has 4 heteroatoms. The van der Waals surface area contributed by atoms with Gasteiger partial charge in [0, 0.05) is 44.0 Å². The summed E-state index contributed by atoms with van der Waals surface area (Å²) in [6.07, 6.45) is 1.21. The van der Waals surface area contributed by atoms with E-state index in [1.807, 2.05) is 0 Å². The first-order valence-corrected chi connectivity index (χ1v) is 8.03. The molecule has 0 spiro atoms. The quantitative estimate of drug-likeness (QED) is 0.693. The van der Waals surface area contributed by atoms with Gasteiger partial charge < -0.3 is 15.0 Å². The average Bonchev–Trinajstić information content (AvgIpc) is 2.42. The average molecular weight is 343 g/mol. The van der Waals surface area contributed by atoms with Crippen molar-refractivity contribution in [3.8, 4) is 0 Å². The maximum absolute atomic E-state index is 5.06. The molecule has 114 valence electrons. The van der Waals surface area contributed by atoms with Gasteiger partial charge in [0.2, 0.25) is 0 Å². The number of methoxy groups -OCH3 is 1. The molecule has 0 aromatic heterocycles. The third kappa shape index (κ3) is 6.25. The molecule has 0 heterocycles. The van der Waals surface area contributed by atoms with Gasteiger partial charge in [-0.25, -0.2) is 0 Å². The second-order valence-corrected chi connectivity index (χ2v) is 6.46. The lowest BCUT2D eigenvalue weighted by molar-refractivity contribution is 0.199. The standard InChI is InChI=1S/C16H27BrN2O/c1-13(2)7-9-19(3)16-11-15(17)6-5-14(16)12-18-8-10-20-4/h5-6,11,13,18H,7-10,12H2,1-4H3. The zero-order chi connectivity index (χ0) is 15.0. The molecular formula is C16H27BrN2O. The van der Waals surface area contributed by atoms with Crippen LogP contribution in [0.3, 0.4) is 0 Å². The molecule has 1 aromatic rings. The highest BCUT2D eigenvalue weighted by molar-refractivity contribution is 9.10. The molecule has 0 saturated heterocycles. The molecule has 1 aromatic carbocycles. The Morgan fingerprint density at radius 1 is 1.35 bits per heavy atom. The summed E-state index contributed by atoms with van der Waals surface area (Å²) < 4.78 is 6.19. The summed E-state index contributed by atoms with van der Waals surface area (Å²) in [5.41, 5.74) is 2.63. The molecule has 0 bridgehead atoms. The number of nitrogens with one attached hydrogen (secondary N) is 1. The van der Waals surface area contributed by atoms with Crippen LogP contribution in [0, 0.1) is 5.92 Å². The minimum Gasteiger partial charge on any atom is -0.383 e. The number of ether oxygens (including phenoxy) is 1. The third-order valence-corrected chi connectivity index (χ3v) is 3.79. The summed E-state index contributed by atoms with van der Waals surface area (Å²) in [5.74, 6) is 0.730. The molecule has 0 aliphatic heterocycles. The SMILES string of the molecule is COCCNCc1ccc(Br)cc1N(C)CCC(C)C. The van der Waals surface area contributed by atoms with Crippen LogP contribution in [-0.2, 0) is 11.3 Å². The van der Waals surface area contributed by atoms with Crippen molar-refractivity contribution in [1.29, 1.82) is 0 Å². The molecule has 0 radical (unpaired) electrons. The smallest absolute Gasteiger partial charge is 0.0587 e. The molecule has 0 atom stereocenters. The molecule has 3 nitrogen and oxygen atoms in total. The van der Waals surface area contributed by atoms with Gasteiger partial charge in [-0.05, 0) is 30.0 Å². The molecule has 0 fully saturated rings. The molecule has 0 aliphatic carbocycles. The monoisotopic (exact) mass is 342 g/mol. The van der Waals surface area contributed by atoms with Crippen LogP contribution in [0.2, 0.25) is 0 Å². The van der Waals surface area contributed by atoms with Gasteiger partial charge in [-0.2, -0.15) is 0 Å². The molecule has 0 saturated carbocycles. The Morgan fingerprint density at radius 3 is 2.75 bits per heavy atom. The Hall–Kier alpha value is -0.580. The molecule has 1 N–H and O–H groups in total. The Morgan fingerprint density at radius 2 is 2.10 bits per heavy atom. The van der Waals surface area contributed by atoms with Crippen molar-refractivity contribution in [3.05, 3.63) is 28.2 Å². The van der Waals surface area contributed by atoms with Crippen LogP contribution in [0.1, 0.15) is 25.8 Å². The van der Waals surface area contributed by atoms with Crippen LogP contribution in [0.5, 0.6) is 0 Å². The Labute approximate surface area is 131 Å². The van der Waals surface area contributed by atoms with Crippen molar-refractivity contribution in [2.75, 3.05) is 38.8 Å². The maximum atomic E-state index is 5.06.